The highest BCUT2D eigenvalue weighted by atomic mass is 19.1. The second kappa shape index (κ2) is 14.0. The Kier molecular flexibility index (Phi) is 10.8. The summed E-state index contributed by atoms with van der Waals surface area (Å²) in [7, 11) is 2.54. The van der Waals surface area contributed by atoms with E-state index in [-0.39, 0.29) is 25.0 Å². The van der Waals surface area contributed by atoms with Gasteiger partial charge < -0.3 is 25.9 Å². The molecule has 0 saturated carbocycles. The van der Waals surface area contributed by atoms with Gasteiger partial charge >= 0.3 is 0 Å². The molecule has 6 N–H and O–H groups in total. The number of anilines is 2. The first kappa shape index (κ1) is 27.7. The molecule has 1 aromatic heterocycles. The maximum Gasteiger partial charge on any atom is 0.263 e. The van der Waals surface area contributed by atoms with Crippen molar-refractivity contribution in [3.05, 3.63) is 78.2 Å². The zero-order valence-corrected chi connectivity index (χ0v) is 20.0. The number of nitrogens with zero attached hydrogens (tertiary/aromatic N) is 5. The lowest BCUT2D eigenvalue weighted by molar-refractivity contribution is -0.118. The number of carbonyl (C=O) groups excluding carboxylic acids is 1. The number of hydrazine groups is 1. The first-order valence-corrected chi connectivity index (χ1v) is 10.6. The fourth-order valence-corrected chi connectivity index (χ4v) is 3.11. The number of halogens is 1. The average molecular weight is 497 g/mol. The number of hydrogen-bond acceptors (Lipinski definition) is 8. The monoisotopic (exact) mass is 496 g/mol. The van der Waals surface area contributed by atoms with Crippen molar-refractivity contribution in [1.82, 2.24) is 9.99 Å². The molecule has 0 saturated heterocycles. The summed E-state index contributed by atoms with van der Waals surface area (Å²) in [6, 6.07) is 18.1. The van der Waals surface area contributed by atoms with Crippen molar-refractivity contribution < 1.29 is 19.0 Å². The fourth-order valence-electron chi connectivity index (χ4n) is 3.11. The van der Waals surface area contributed by atoms with E-state index in [1.165, 1.54) is 30.3 Å². The molecule has 0 unspecified atom stereocenters. The molecule has 11 nitrogen and oxygen atoms in total. The number of aromatic nitrogens is 1. The highest BCUT2D eigenvalue weighted by Gasteiger charge is 2.21. The van der Waals surface area contributed by atoms with Crippen LogP contribution in [0.2, 0.25) is 0 Å². The smallest absolute Gasteiger partial charge is 0.263 e. The van der Waals surface area contributed by atoms with Gasteiger partial charge in [0.15, 0.2) is 6.61 Å². The fraction of sp³-hybridized carbons (Fsp3) is 0.167. The molecule has 0 aliphatic rings. The van der Waals surface area contributed by atoms with Gasteiger partial charge in [-0.05, 0) is 49.2 Å². The van der Waals surface area contributed by atoms with Crippen molar-refractivity contribution >= 4 is 35.8 Å². The van der Waals surface area contributed by atoms with Crippen LogP contribution >= 0.6 is 0 Å². The molecule has 1 amide bonds. The third-order valence-electron chi connectivity index (χ3n) is 4.58. The summed E-state index contributed by atoms with van der Waals surface area (Å²) in [5.41, 5.74) is 1.25. The van der Waals surface area contributed by atoms with E-state index in [0.717, 1.165) is 7.11 Å². The number of nitrogens with two attached hydrogens (primary N) is 2. The number of guanidine groups is 1. The number of rotatable bonds is 8. The lowest BCUT2D eigenvalue weighted by atomic mass is 10.2. The quantitative estimate of drug-likeness (QED) is 0.160. The number of aliphatic hydroxyl groups excluding tert-OH is 1. The van der Waals surface area contributed by atoms with Gasteiger partial charge in [-0.1, -0.05) is 24.3 Å². The van der Waals surface area contributed by atoms with Gasteiger partial charge in [0.1, 0.15) is 17.4 Å². The molecule has 0 fully saturated rings. The lowest BCUT2D eigenvalue weighted by Crippen LogP contribution is -2.46. The number of nitrogens with one attached hydrogen (secondary N) is 1. The van der Waals surface area contributed by atoms with Crippen LogP contribution in [-0.2, 0) is 11.3 Å². The van der Waals surface area contributed by atoms with Crippen LogP contribution in [-0.4, -0.2) is 54.4 Å². The van der Waals surface area contributed by atoms with Crippen LogP contribution in [0, 0.1) is 5.82 Å². The number of hydrogen-bond donors (Lipinski definition) is 4. The van der Waals surface area contributed by atoms with Crippen LogP contribution < -0.4 is 26.6 Å². The Morgan fingerprint density at radius 2 is 1.89 bits per heavy atom. The maximum atomic E-state index is 14.1. The van der Waals surface area contributed by atoms with Gasteiger partial charge in [-0.2, -0.15) is 0 Å². The number of aliphatic hydroxyl groups is 1. The molecular weight excluding hydrogens is 467 g/mol. The van der Waals surface area contributed by atoms with Gasteiger partial charge in [-0.15, -0.1) is 5.10 Å². The number of amides is 1. The third kappa shape index (κ3) is 7.75. The van der Waals surface area contributed by atoms with Crippen molar-refractivity contribution in [2.45, 2.75) is 6.54 Å². The molecule has 36 heavy (non-hydrogen) atoms. The third-order valence-corrected chi connectivity index (χ3v) is 4.58. The number of pyridine rings is 1. The van der Waals surface area contributed by atoms with E-state index in [4.69, 9.17) is 21.5 Å². The molecule has 1 heterocycles. The van der Waals surface area contributed by atoms with Gasteiger partial charge in [-0.25, -0.2) is 15.2 Å². The maximum absolute atomic E-state index is 14.1. The highest BCUT2D eigenvalue weighted by molar-refractivity contribution is 5.98. The van der Waals surface area contributed by atoms with Crippen LogP contribution in [0.25, 0.3) is 0 Å². The minimum atomic E-state index is -0.490. The standard InChI is InChI=1S/C23H25FN8O2.CH4O/c1-27-19-12-11-16(24)13-20(19)32(23(30-25)31(2)26)14-17-7-6-10-21(28-17)29-22(33)15-34-18-8-4-3-5-9-18;1-2/h3-13H,1,14-15,25-26H2,2H3,(H,28,29,33);2H,1H3/b30-23+;. The Morgan fingerprint density at radius 3 is 2.53 bits per heavy atom. The van der Waals surface area contributed by atoms with E-state index in [0.29, 0.717) is 28.6 Å². The average Bonchev–Trinajstić information content (AvgIpc) is 2.89. The summed E-state index contributed by atoms with van der Waals surface area (Å²) in [6.45, 7) is 3.45. The number of carbonyl (C=O) groups is 1. The summed E-state index contributed by atoms with van der Waals surface area (Å²) < 4.78 is 19.5. The van der Waals surface area contributed by atoms with Crippen LogP contribution in [0.4, 0.5) is 21.6 Å². The molecule has 0 bridgehead atoms. The van der Waals surface area contributed by atoms with Gasteiger partial charge in [0.25, 0.3) is 5.91 Å². The second-order valence-electron chi connectivity index (χ2n) is 7.08. The Morgan fingerprint density at radius 1 is 1.17 bits per heavy atom. The summed E-state index contributed by atoms with van der Waals surface area (Å²) in [5, 5.41) is 14.6. The van der Waals surface area contributed by atoms with Gasteiger partial charge in [0.05, 0.1) is 23.6 Å². The van der Waals surface area contributed by atoms with Gasteiger partial charge in [-0.3, -0.25) is 14.8 Å². The normalized spacial score (nSPS) is 10.5. The number of ether oxygens (including phenoxy) is 1. The predicted molar refractivity (Wildman–Crippen MR) is 138 cm³/mol. The molecule has 3 rings (SSSR count). The summed E-state index contributed by atoms with van der Waals surface area (Å²) in [4.78, 5) is 22.3. The van der Waals surface area contributed by atoms with Crippen LogP contribution in [0.1, 0.15) is 5.69 Å². The molecule has 3 aromatic rings. The predicted octanol–water partition coefficient (Wildman–Crippen LogP) is 2.22. The van der Waals surface area contributed by atoms with Crippen molar-refractivity contribution in [2.75, 3.05) is 31.0 Å². The Hall–Kier alpha value is -4.55. The zero-order valence-electron chi connectivity index (χ0n) is 20.0. The molecule has 12 heteroatoms. The molecule has 0 spiro atoms. The molecule has 0 aliphatic carbocycles. The van der Waals surface area contributed by atoms with Crippen molar-refractivity contribution in [3.63, 3.8) is 0 Å². The van der Waals surface area contributed by atoms with E-state index in [1.807, 2.05) is 18.2 Å². The minimum absolute atomic E-state index is 0.0910. The Balaban J connectivity index is 0.00000222. The largest absolute Gasteiger partial charge is 0.484 e. The van der Waals surface area contributed by atoms with Crippen LogP contribution in [0.15, 0.2) is 76.8 Å². The van der Waals surface area contributed by atoms with Crippen molar-refractivity contribution in [1.29, 1.82) is 0 Å². The minimum Gasteiger partial charge on any atom is -0.484 e. The summed E-state index contributed by atoms with van der Waals surface area (Å²) in [5.74, 6) is 11.6. The van der Waals surface area contributed by atoms with Crippen LogP contribution in [0.3, 0.4) is 0 Å². The highest BCUT2D eigenvalue weighted by Crippen LogP contribution is 2.31. The number of aliphatic imine (C=N–C) groups is 1. The summed E-state index contributed by atoms with van der Waals surface area (Å²) in [6.07, 6.45) is 0. The first-order chi connectivity index (χ1) is 17.4. The number of para-hydroxylation sites is 1. The van der Waals surface area contributed by atoms with Crippen LogP contribution in [0.5, 0.6) is 5.75 Å². The Labute approximate surface area is 208 Å². The molecular formula is C24H29FN8O3. The summed E-state index contributed by atoms with van der Waals surface area (Å²) >= 11 is 0. The molecule has 190 valence electrons. The topological polar surface area (TPSA) is 155 Å². The lowest BCUT2D eigenvalue weighted by Gasteiger charge is -2.29. The van der Waals surface area contributed by atoms with E-state index >= 15 is 0 Å². The molecule has 0 atom stereocenters. The van der Waals surface area contributed by atoms with Gasteiger partial charge in [0.2, 0.25) is 5.96 Å². The van der Waals surface area contributed by atoms with E-state index in [1.54, 1.807) is 35.2 Å². The SMILES string of the molecule is C=Nc1ccc(F)cc1N(Cc1cccc(NC(=O)COc2ccccc2)n1)/C(=N/N)N(C)N.CO. The molecule has 2 aromatic carbocycles. The second-order valence-corrected chi connectivity index (χ2v) is 7.08. The first-order valence-electron chi connectivity index (χ1n) is 10.6. The van der Waals surface area contributed by atoms with E-state index < -0.39 is 5.82 Å². The van der Waals surface area contributed by atoms with Crippen molar-refractivity contribution in [3.8, 4) is 5.75 Å². The molecule has 0 aliphatic heterocycles. The number of benzene rings is 2. The van der Waals surface area contributed by atoms with E-state index in [2.05, 4.69) is 27.1 Å². The van der Waals surface area contributed by atoms with Crippen molar-refractivity contribution in [2.24, 2.45) is 21.8 Å². The Bertz CT molecular complexity index is 1180. The zero-order chi connectivity index (χ0) is 26.5. The van der Waals surface area contributed by atoms with E-state index in [9.17, 15) is 9.18 Å². The van der Waals surface area contributed by atoms with Gasteiger partial charge in [0, 0.05) is 14.2 Å². The number of hydrazone groups is 1. The molecule has 0 radical (unpaired) electrons.